The van der Waals surface area contributed by atoms with Crippen LogP contribution in [0.4, 0.5) is 0 Å². The second kappa shape index (κ2) is 5.45. The van der Waals surface area contributed by atoms with E-state index in [1.165, 1.54) is 38.0 Å². The monoisotopic (exact) mass is 352 g/mol. The summed E-state index contributed by atoms with van der Waals surface area (Å²) in [5.41, 5.74) is 1.29. The number of rotatable bonds is 2. The average molecular weight is 353 g/mol. The van der Waals surface area contributed by atoms with Gasteiger partial charge in [-0.15, -0.1) is 0 Å². The molecule has 3 aliphatic heterocycles. The van der Waals surface area contributed by atoms with Gasteiger partial charge in [-0.05, 0) is 44.0 Å². The minimum Gasteiger partial charge on any atom is -0.454 e. The number of halogens is 1. The van der Waals surface area contributed by atoms with Gasteiger partial charge >= 0.3 is 0 Å². The summed E-state index contributed by atoms with van der Waals surface area (Å²) in [6, 6.07) is 5.53. The van der Waals surface area contributed by atoms with Crippen LogP contribution in [-0.4, -0.2) is 48.3 Å². The fourth-order valence-electron chi connectivity index (χ4n) is 3.77. The predicted octanol–water partition coefficient (Wildman–Crippen LogP) is 2.85. The molecule has 0 amide bonds. The lowest BCUT2D eigenvalue weighted by atomic mass is 10.1. The van der Waals surface area contributed by atoms with Gasteiger partial charge in [-0.2, -0.15) is 0 Å². The molecule has 0 saturated carbocycles. The van der Waals surface area contributed by atoms with Crippen LogP contribution < -0.4 is 9.47 Å². The van der Waals surface area contributed by atoms with Crippen molar-refractivity contribution in [1.29, 1.82) is 0 Å². The van der Waals surface area contributed by atoms with Crippen LogP contribution in [0.25, 0.3) is 0 Å². The number of benzene rings is 1. The molecule has 0 N–H and O–H groups in total. The lowest BCUT2D eigenvalue weighted by molar-refractivity contribution is 0.0538. The lowest BCUT2D eigenvalue weighted by Gasteiger charge is -2.42. The van der Waals surface area contributed by atoms with Crippen molar-refractivity contribution >= 4 is 15.9 Å². The summed E-state index contributed by atoms with van der Waals surface area (Å²) < 4.78 is 12.1. The van der Waals surface area contributed by atoms with Gasteiger partial charge in [-0.25, -0.2) is 0 Å². The molecule has 0 unspecified atom stereocenters. The first-order valence-corrected chi connectivity index (χ1v) is 8.56. The first kappa shape index (κ1) is 13.9. The Morgan fingerprint density at radius 1 is 1.24 bits per heavy atom. The van der Waals surface area contributed by atoms with Crippen LogP contribution in [0.2, 0.25) is 0 Å². The molecule has 1 aromatic carbocycles. The maximum Gasteiger partial charge on any atom is 0.231 e. The Morgan fingerprint density at radius 3 is 2.90 bits per heavy atom. The lowest BCUT2D eigenvalue weighted by Crippen LogP contribution is -2.54. The minimum atomic E-state index is 0.336. The van der Waals surface area contributed by atoms with E-state index in [4.69, 9.17) is 9.47 Å². The zero-order valence-corrected chi connectivity index (χ0v) is 13.9. The summed E-state index contributed by atoms with van der Waals surface area (Å²) >= 11 is 3.68. The summed E-state index contributed by atoms with van der Waals surface area (Å²) in [7, 11) is 0. The third kappa shape index (κ3) is 2.56. The highest BCUT2D eigenvalue weighted by atomic mass is 79.9. The molecule has 0 bridgehead atoms. The Kier molecular flexibility index (Phi) is 3.59. The van der Waals surface area contributed by atoms with E-state index in [2.05, 4.69) is 38.7 Å². The van der Waals surface area contributed by atoms with Crippen LogP contribution in [-0.2, 0) is 6.54 Å². The van der Waals surface area contributed by atoms with Crippen molar-refractivity contribution < 1.29 is 9.47 Å². The third-order valence-corrected chi connectivity index (χ3v) is 5.72. The van der Waals surface area contributed by atoms with Gasteiger partial charge in [0.1, 0.15) is 0 Å². The van der Waals surface area contributed by atoms with Crippen LogP contribution in [0.5, 0.6) is 11.5 Å². The molecule has 1 aromatic rings. The van der Waals surface area contributed by atoms with Gasteiger partial charge in [-0.1, -0.05) is 15.9 Å². The van der Waals surface area contributed by atoms with Crippen molar-refractivity contribution in [1.82, 2.24) is 9.80 Å². The van der Waals surface area contributed by atoms with Gasteiger partial charge in [0.05, 0.1) is 0 Å². The number of piperazine rings is 1. The van der Waals surface area contributed by atoms with Crippen LogP contribution in [0.15, 0.2) is 16.6 Å². The van der Waals surface area contributed by atoms with E-state index >= 15 is 0 Å². The van der Waals surface area contributed by atoms with Crippen molar-refractivity contribution in [3.8, 4) is 11.5 Å². The highest BCUT2D eigenvalue weighted by molar-refractivity contribution is 9.10. The normalized spacial score (nSPS) is 28.9. The van der Waals surface area contributed by atoms with E-state index in [0.717, 1.165) is 28.6 Å². The molecule has 5 heteroatoms. The Bertz CT molecular complexity index is 551. The fourth-order valence-corrected chi connectivity index (χ4v) is 4.22. The molecule has 0 spiro atoms. The summed E-state index contributed by atoms with van der Waals surface area (Å²) in [6.45, 7) is 7.33. The van der Waals surface area contributed by atoms with Crippen molar-refractivity contribution in [3.63, 3.8) is 0 Å². The average Bonchev–Trinajstić information content (AvgIpc) is 3.07. The quantitative estimate of drug-likeness (QED) is 0.816. The molecule has 0 aliphatic carbocycles. The Balaban J connectivity index is 1.53. The number of ether oxygens (including phenoxy) is 2. The van der Waals surface area contributed by atoms with Gasteiger partial charge in [0.15, 0.2) is 11.5 Å². The second-order valence-electron chi connectivity index (χ2n) is 6.37. The van der Waals surface area contributed by atoms with Crippen LogP contribution in [0.3, 0.4) is 0 Å². The zero-order chi connectivity index (χ0) is 14.4. The van der Waals surface area contributed by atoms with Crippen LogP contribution >= 0.6 is 15.9 Å². The van der Waals surface area contributed by atoms with Crippen molar-refractivity contribution in [3.05, 3.63) is 22.2 Å². The molecule has 2 fully saturated rings. The predicted molar refractivity (Wildman–Crippen MR) is 84.7 cm³/mol. The van der Waals surface area contributed by atoms with Crippen LogP contribution in [0.1, 0.15) is 25.3 Å². The number of fused-ring (bicyclic) bond motifs is 2. The molecule has 3 heterocycles. The molecule has 0 radical (unpaired) electrons. The molecular formula is C16H21BrN2O2. The van der Waals surface area contributed by atoms with E-state index in [1.807, 2.05) is 6.07 Å². The first-order chi connectivity index (χ1) is 10.2. The molecule has 3 aliphatic rings. The number of hydrogen-bond acceptors (Lipinski definition) is 4. The summed E-state index contributed by atoms with van der Waals surface area (Å²) in [5.74, 6) is 1.72. The molecule has 0 aromatic heterocycles. The highest BCUT2D eigenvalue weighted by Gasteiger charge is 2.34. The minimum absolute atomic E-state index is 0.336. The maximum atomic E-state index is 5.51. The number of nitrogens with zero attached hydrogens (tertiary/aromatic N) is 2. The number of hydrogen-bond donors (Lipinski definition) is 0. The highest BCUT2D eigenvalue weighted by Crippen LogP contribution is 2.38. The molecule has 2 saturated heterocycles. The summed E-state index contributed by atoms with van der Waals surface area (Å²) in [4.78, 5) is 5.27. The standard InChI is InChI=1S/C16H21BrN2O2/c1-11-7-18-4-2-3-13(18)9-19(11)8-12-5-15-16(6-14(12)17)21-10-20-15/h5-6,11,13H,2-4,7-10H2,1H3/t11-,13-/m1/s1. The Hall–Kier alpha value is -0.780. The fraction of sp³-hybridized carbons (Fsp3) is 0.625. The molecule has 114 valence electrons. The van der Waals surface area contributed by atoms with Gasteiger partial charge in [0.25, 0.3) is 0 Å². The molecular weight excluding hydrogens is 332 g/mol. The van der Waals surface area contributed by atoms with E-state index in [-0.39, 0.29) is 0 Å². The third-order valence-electron chi connectivity index (χ3n) is 4.98. The van der Waals surface area contributed by atoms with Gasteiger partial charge in [0, 0.05) is 36.2 Å². The largest absolute Gasteiger partial charge is 0.454 e. The maximum absolute atomic E-state index is 5.51. The first-order valence-electron chi connectivity index (χ1n) is 7.77. The zero-order valence-electron chi connectivity index (χ0n) is 12.3. The van der Waals surface area contributed by atoms with E-state index in [0.29, 0.717) is 12.8 Å². The van der Waals surface area contributed by atoms with Gasteiger partial charge < -0.3 is 9.47 Å². The SMILES string of the molecule is C[C@@H]1CN2CCC[C@@H]2CN1Cc1cc2c(cc1Br)OCO2. The van der Waals surface area contributed by atoms with E-state index in [9.17, 15) is 0 Å². The molecule has 21 heavy (non-hydrogen) atoms. The molecule has 2 atom stereocenters. The Morgan fingerprint density at radius 2 is 2.05 bits per heavy atom. The Labute approximate surface area is 134 Å². The van der Waals surface area contributed by atoms with Gasteiger partial charge in [0.2, 0.25) is 6.79 Å². The van der Waals surface area contributed by atoms with E-state index in [1.54, 1.807) is 0 Å². The topological polar surface area (TPSA) is 24.9 Å². The smallest absolute Gasteiger partial charge is 0.231 e. The van der Waals surface area contributed by atoms with Crippen molar-refractivity contribution in [2.45, 2.75) is 38.4 Å². The summed E-state index contributed by atoms with van der Waals surface area (Å²) in [6.07, 6.45) is 2.71. The van der Waals surface area contributed by atoms with E-state index < -0.39 is 0 Å². The summed E-state index contributed by atoms with van der Waals surface area (Å²) in [5, 5.41) is 0. The van der Waals surface area contributed by atoms with Crippen molar-refractivity contribution in [2.24, 2.45) is 0 Å². The second-order valence-corrected chi connectivity index (χ2v) is 7.22. The molecule has 4 nitrogen and oxygen atoms in total. The molecule has 4 rings (SSSR count). The van der Waals surface area contributed by atoms with Crippen LogP contribution in [0, 0.1) is 0 Å². The van der Waals surface area contributed by atoms with Gasteiger partial charge in [-0.3, -0.25) is 9.80 Å². The van der Waals surface area contributed by atoms with Crippen molar-refractivity contribution in [2.75, 3.05) is 26.4 Å².